The average Bonchev–Trinajstić information content (AvgIpc) is 3.25. The lowest BCUT2D eigenvalue weighted by Crippen LogP contribution is -2.30. The van der Waals surface area contributed by atoms with E-state index in [1.54, 1.807) is 20.3 Å². The molecule has 3 aromatic rings. The molecule has 2 amide bonds. The summed E-state index contributed by atoms with van der Waals surface area (Å²) in [6.45, 7) is 0. The van der Waals surface area contributed by atoms with Crippen LogP contribution in [0.3, 0.4) is 0 Å². The number of benzene rings is 2. The first kappa shape index (κ1) is 20.9. The number of nitrogens with zero attached hydrogens (tertiary/aromatic N) is 1. The van der Waals surface area contributed by atoms with Crippen LogP contribution in [0.25, 0.3) is 11.3 Å². The molecular weight excluding hydrogens is 414 g/mol. The Kier molecular flexibility index (Phi) is 6.18. The van der Waals surface area contributed by atoms with Gasteiger partial charge < -0.3 is 20.1 Å². The summed E-state index contributed by atoms with van der Waals surface area (Å²) in [6.07, 6.45) is 1.38. The minimum Gasteiger partial charge on any atom is -0.497 e. The fourth-order valence-electron chi connectivity index (χ4n) is 3.60. The van der Waals surface area contributed by atoms with Crippen molar-refractivity contribution in [2.45, 2.75) is 19.3 Å². The van der Waals surface area contributed by atoms with Crippen molar-refractivity contribution in [1.29, 1.82) is 0 Å². The molecule has 7 nitrogen and oxygen atoms in total. The van der Waals surface area contributed by atoms with Gasteiger partial charge in [0.2, 0.25) is 11.8 Å². The molecule has 1 aliphatic rings. The first-order chi connectivity index (χ1) is 15.1. The standard InChI is InChI=1S/C23H23N3O4S/c1-29-16-8-9-17(20(12-16)30-2)19-13-31-23(25-19)26-21(27)10-7-15-11-14-5-3-4-6-18(14)24-22(15)28/h3-6,8-9,12-13,15H,7,10-11H2,1-2H3,(H,24,28)(H,25,26,27). The van der Waals surface area contributed by atoms with Crippen molar-refractivity contribution in [2.75, 3.05) is 24.9 Å². The maximum absolute atomic E-state index is 12.4. The van der Waals surface area contributed by atoms with Crippen LogP contribution in [0.5, 0.6) is 11.5 Å². The molecule has 1 atom stereocenters. The van der Waals surface area contributed by atoms with E-state index in [0.717, 1.165) is 16.8 Å². The van der Waals surface area contributed by atoms with E-state index < -0.39 is 0 Å². The maximum atomic E-state index is 12.4. The number of methoxy groups -OCH3 is 2. The molecule has 31 heavy (non-hydrogen) atoms. The van der Waals surface area contributed by atoms with Gasteiger partial charge in [-0.15, -0.1) is 11.3 Å². The summed E-state index contributed by atoms with van der Waals surface area (Å²) in [4.78, 5) is 29.3. The van der Waals surface area contributed by atoms with Gasteiger partial charge in [-0.05, 0) is 36.6 Å². The van der Waals surface area contributed by atoms with Gasteiger partial charge in [0.25, 0.3) is 0 Å². The van der Waals surface area contributed by atoms with Crippen LogP contribution in [0.2, 0.25) is 0 Å². The highest BCUT2D eigenvalue weighted by atomic mass is 32.1. The summed E-state index contributed by atoms with van der Waals surface area (Å²) >= 11 is 1.35. The number of hydrogen-bond acceptors (Lipinski definition) is 6. The number of thiazole rings is 1. The zero-order valence-corrected chi connectivity index (χ0v) is 18.1. The van der Waals surface area contributed by atoms with Gasteiger partial charge in [0, 0.05) is 35.0 Å². The van der Waals surface area contributed by atoms with Crippen LogP contribution >= 0.6 is 11.3 Å². The Hall–Kier alpha value is -3.39. The molecule has 0 radical (unpaired) electrons. The summed E-state index contributed by atoms with van der Waals surface area (Å²) in [5.74, 6) is 0.935. The molecule has 2 N–H and O–H groups in total. The number of carbonyl (C=O) groups excluding carboxylic acids is 2. The van der Waals surface area contributed by atoms with E-state index in [1.807, 2.05) is 41.8 Å². The molecule has 1 aliphatic heterocycles. The Labute approximate surface area is 184 Å². The third kappa shape index (κ3) is 4.69. The molecule has 0 spiro atoms. The monoisotopic (exact) mass is 437 g/mol. The first-order valence-electron chi connectivity index (χ1n) is 9.94. The summed E-state index contributed by atoms with van der Waals surface area (Å²) in [5.41, 5.74) is 3.49. The summed E-state index contributed by atoms with van der Waals surface area (Å²) in [5, 5.41) is 8.14. The van der Waals surface area contributed by atoms with Crippen molar-refractivity contribution < 1.29 is 19.1 Å². The number of ether oxygens (including phenoxy) is 2. The van der Waals surface area contributed by atoms with E-state index in [2.05, 4.69) is 15.6 Å². The minimum absolute atomic E-state index is 0.0327. The van der Waals surface area contributed by atoms with Crippen LogP contribution < -0.4 is 20.1 Å². The van der Waals surface area contributed by atoms with Gasteiger partial charge in [-0.3, -0.25) is 9.59 Å². The largest absolute Gasteiger partial charge is 0.497 e. The van der Waals surface area contributed by atoms with Gasteiger partial charge in [-0.25, -0.2) is 4.98 Å². The molecule has 2 heterocycles. The van der Waals surface area contributed by atoms with Crippen molar-refractivity contribution in [1.82, 2.24) is 4.98 Å². The highest BCUT2D eigenvalue weighted by Gasteiger charge is 2.26. The van der Waals surface area contributed by atoms with E-state index in [9.17, 15) is 9.59 Å². The van der Waals surface area contributed by atoms with Crippen LogP contribution in [0.15, 0.2) is 47.8 Å². The molecule has 0 saturated heterocycles. The lowest BCUT2D eigenvalue weighted by atomic mass is 9.89. The number of amides is 2. The highest BCUT2D eigenvalue weighted by molar-refractivity contribution is 7.14. The van der Waals surface area contributed by atoms with Crippen LogP contribution in [-0.4, -0.2) is 31.0 Å². The van der Waals surface area contributed by atoms with Crippen LogP contribution in [0.1, 0.15) is 18.4 Å². The van der Waals surface area contributed by atoms with Crippen molar-refractivity contribution >= 4 is 34.0 Å². The molecule has 8 heteroatoms. The third-order valence-corrected chi connectivity index (χ3v) is 6.03. The van der Waals surface area contributed by atoms with Gasteiger partial charge in [0.05, 0.1) is 19.9 Å². The lowest BCUT2D eigenvalue weighted by Gasteiger charge is -2.24. The maximum Gasteiger partial charge on any atom is 0.227 e. The van der Waals surface area contributed by atoms with Gasteiger partial charge in [-0.2, -0.15) is 0 Å². The van der Waals surface area contributed by atoms with Crippen molar-refractivity contribution in [3.05, 3.63) is 53.4 Å². The Morgan fingerprint density at radius 1 is 1.23 bits per heavy atom. The molecule has 1 unspecified atom stereocenters. The molecule has 160 valence electrons. The molecule has 0 bridgehead atoms. The average molecular weight is 438 g/mol. The minimum atomic E-state index is -0.212. The van der Waals surface area contributed by atoms with Crippen LogP contribution in [0.4, 0.5) is 10.8 Å². The lowest BCUT2D eigenvalue weighted by molar-refractivity contribution is -0.121. The first-order valence-corrected chi connectivity index (χ1v) is 10.8. The van der Waals surface area contributed by atoms with Gasteiger partial charge in [-0.1, -0.05) is 18.2 Å². The normalized spacial score (nSPS) is 15.0. The number of carbonyl (C=O) groups is 2. The Bertz CT molecular complexity index is 1110. The van der Waals surface area contributed by atoms with E-state index in [-0.39, 0.29) is 24.2 Å². The zero-order valence-electron chi connectivity index (χ0n) is 17.3. The number of rotatable bonds is 7. The molecule has 0 aliphatic carbocycles. The SMILES string of the molecule is COc1ccc(-c2csc(NC(=O)CCC3Cc4ccccc4NC3=O)n2)c(OC)c1. The van der Waals surface area contributed by atoms with Crippen molar-refractivity contribution in [2.24, 2.45) is 5.92 Å². The smallest absolute Gasteiger partial charge is 0.227 e. The fourth-order valence-corrected chi connectivity index (χ4v) is 4.33. The van der Waals surface area contributed by atoms with Gasteiger partial charge >= 0.3 is 0 Å². The second-order valence-electron chi connectivity index (χ2n) is 7.24. The number of hydrogen-bond donors (Lipinski definition) is 2. The van der Waals surface area contributed by atoms with E-state index in [1.165, 1.54) is 11.3 Å². The number of anilines is 2. The van der Waals surface area contributed by atoms with Crippen molar-refractivity contribution in [3.8, 4) is 22.8 Å². The van der Waals surface area contributed by atoms with Crippen LogP contribution in [-0.2, 0) is 16.0 Å². The Morgan fingerprint density at radius 2 is 2.06 bits per heavy atom. The predicted octanol–water partition coefficient (Wildman–Crippen LogP) is 4.36. The highest BCUT2D eigenvalue weighted by Crippen LogP contribution is 2.35. The van der Waals surface area contributed by atoms with Gasteiger partial charge in [0.15, 0.2) is 5.13 Å². The molecule has 1 aromatic heterocycles. The molecule has 4 rings (SSSR count). The molecule has 0 fully saturated rings. The topological polar surface area (TPSA) is 89.6 Å². The summed E-state index contributed by atoms with van der Waals surface area (Å²) < 4.78 is 10.7. The van der Waals surface area contributed by atoms with Crippen LogP contribution in [0, 0.1) is 5.92 Å². The second kappa shape index (κ2) is 9.18. The number of nitrogens with one attached hydrogen (secondary N) is 2. The van der Waals surface area contributed by atoms with Crippen molar-refractivity contribution in [3.63, 3.8) is 0 Å². The Morgan fingerprint density at radius 3 is 2.87 bits per heavy atom. The van der Waals surface area contributed by atoms with E-state index >= 15 is 0 Å². The molecular formula is C23H23N3O4S. The van der Waals surface area contributed by atoms with E-state index in [0.29, 0.717) is 35.2 Å². The third-order valence-electron chi connectivity index (χ3n) is 5.27. The fraction of sp³-hybridized carbons (Fsp3) is 0.261. The number of fused-ring (bicyclic) bond motifs is 1. The summed E-state index contributed by atoms with van der Waals surface area (Å²) in [6, 6.07) is 13.3. The summed E-state index contributed by atoms with van der Waals surface area (Å²) in [7, 11) is 3.19. The quantitative estimate of drug-likeness (QED) is 0.573. The zero-order chi connectivity index (χ0) is 21.8. The second-order valence-corrected chi connectivity index (χ2v) is 8.10. The number of para-hydroxylation sites is 1. The van der Waals surface area contributed by atoms with Gasteiger partial charge in [0.1, 0.15) is 11.5 Å². The molecule has 2 aromatic carbocycles. The van der Waals surface area contributed by atoms with E-state index in [4.69, 9.17) is 9.47 Å². The molecule has 0 saturated carbocycles. The Balaban J connectivity index is 1.36. The predicted molar refractivity (Wildman–Crippen MR) is 121 cm³/mol. The number of aromatic nitrogens is 1.